The molecule has 11 heavy (non-hydrogen) atoms. The Bertz CT molecular complexity index is 96.1. The largest absolute Gasteiger partial charge is 0.361 e. The van der Waals surface area contributed by atoms with E-state index in [0.717, 1.165) is 12.8 Å². The third kappa shape index (κ3) is 7.30. The van der Waals surface area contributed by atoms with Crippen LogP contribution in [0.5, 0.6) is 0 Å². The molecule has 0 spiro atoms. The predicted octanol–water partition coefficient (Wildman–Crippen LogP) is 3.04. The van der Waals surface area contributed by atoms with Gasteiger partial charge in [0, 0.05) is 0 Å². The number of unbranched alkanes of at least 4 members (excludes halogenated alkanes) is 3. The van der Waals surface area contributed by atoms with Gasteiger partial charge in [-0.05, 0) is 19.8 Å². The molecule has 0 saturated carbocycles. The Kier molecular flexibility index (Phi) is 7.10. The molecular formula is C8H17NO2. The predicted molar refractivity (Wildman–Crippen MR) is 45.1 cm³/mol. The SMILES string of the molecule is CCCCCCC(C)ON=O. The van der Waals surface area contributed by atoms with Crippen LogP contribution in [0, 0.1) is 4.91 Å². The first-order chi connectivity index (χ1) is 5.31. The Morgan fingerprint density at radius 3 is 2.64 bits per heavy atom. The molecule has 0 bridgehead atoms. The third-order valence-corrected chi connectivity index (χ3v) is 1.69. The van der Waals surface area contributed by atoms with E-state index in [1.54, 1.807) is 0 Å². The first-order valence-electron chi connectivity index (χ1n) is 4.29. The quantitative estimate of drug-likeness (QED) is 0.325. The normalized spacial score (nSPS) is 12.5. The van der Waals surface area contributed by atoms with Crippen molar-refractivity contribution in [2.75, 3.05) is 0 Å². The summed E-state index contributed by atoms with van der Waals surface area (Å²) in [4.78, 5) is 14.1. The fraction of sp³-hybridized carbons (Fsp3) is 1.00. The Balaban J connectivity index is 3.03. The van der Waals surface area contributed by atoms with Gasteiger partial charge in [-0.25, -0.2) is 0 Å². The Labute approximate surface area is 68.1 Å². The fourth-order valence-corrected chi connectivity index (χ4v) is 0.985. The maximum absolute atomic E-state index is 9.63. The van der Waals surface area contributed by atoms with Crippen LogP contribution in [0.15, 0.2) is 5.34 Å². The van der Waals surface area contributed by atoms with Crippen LogP contribution in [0.3, 0.4) is 0 Å². The Morgan fingerprint density at radius 2 is 2.09 bits per heavy atom. The van der Waals surface area contributed by atoms with Crippen LogP contribution in [0.4, 0.5) is 0 Å². The van der Waals surface area contributed by atoms with E-state index in [2.05, 4.69) is 17.1 Å². The van der Waals surface area contributed by atoms with E-state index < -0.39 is 0 Å². The van der Waals surface area contributed by atoms with E-state index in [9.17, 15) is 4.91 Å². The van der Waals surface area contributed by atoms with E-state index in [0.29, 0.717) is 0 Å². The highest BCUT2D eigenvalue weighted by Crippen LogP contribution is 2.07. The average Bonchev–Trinajstić information content (AvgIpc) is 1.99. The summed E-state index contributed by atoms with van der Waals surface area (Å²) in [5, 5.41) is 2.38. The van der Waals surface area contributed by atoms with Gasteiger partial charge in [0.1, 0.15) is 6.10 Å². The summed E-state index contributed by atoms with van der Waals surface area (Å²) in [5.41, 5.74) is 0. The van der Waals surface area contributed by atoms with Crippen LogP contribution < -0.4 is 0 Å². The molecule has 1 atom stereocenters. The minimum Gasteiger partial charge on any atom is -0.361 e. The van der Waals surface area contributed by atoms with Crippen LogP contribution in [0.1, 0.15) is 46.0 Å². The van der Waals surface area contributed by atoms with Gasteiger partial charge in [0.2, 0.25) is 0 Å². The molecule has 0 amide bonds. The van der Waals surface area contributed by atoms with Crippen LogP contribution >= 0.6 is 0 Å². The van der Waals surface area contributed by atoms with Crippen molar-refractivity contribution >= 4 is 0 Å². The minimum absolute atomic E-state index is 0.00986. The van der Waals surface area contributed by atoms with Gasteiger partial charge in [-0.2, -0.15) is 0 Å². The second kappa shape index (κ2) is 7.51. The lowest BCUT2D eigenvalue weighted by atomic mass is 10.1. The number of hydrogen-bond acceptors (Lipinski definition) is 3. The smallest absolute Gasteiger partial charge is 0.155 e. The molecule has 0 aromatic carbocycles. The third-order valence-electron chi connectivity index (χ3n) is 1.69. The number of rotatable bonds is 7. The van der Waals surface area contributed by atoms with Crippen molar-refractivity contribution in [2.24, 2.45) is 5.34 Å². The van der Waals surface area contributed by atoms with E-state index in [1.165, 1.54) is 19.3 Å². The van der Waals surface area contributed by atoms with Crippen molar-refractivity contribution in [3.05, 3.63) is 4.91 Å². The Morgan fingerprint density at radius 1 is 1.36 bits per heavy atom. The molecule has 66 valence electrons. The first kappa shape index (κ1) is 10.4. The number of nitrogens with zero attached hydrogens (tertiary/aromatic N) is 1. The number of hydrogen-bond donors (Lipinski definition) is 0. The zero-order valence-electron chi connectivity index (χ0n) is 7.38. The van der Waals surface area contributed by atoms with Gasteiger partial charge >= 0.3 is 0 Å². The van der Waals surface area contributed by atoms with E-state index in [1.807, 2.05) is 6.92 Å². The van der Waals surface area contributed by atoms with Crippen molar-refractivity contribution in [1.29, 1.82) is 0 Å². The van der Waals surface area contributed by atoms with Gasteiger partial charge < -0.3 is 4.84 Å². The highest BCUT2D eigenvalue weighted by molar-refractivity contribution is 4.49. The molecule has 0 aromatic rings. The maximum atomic E-state index is 9.63. The van der Waals surface area contributed by atoms with Gasteiger partial charge in [-0.1, -0.05) is 26.2 Å². The second-order valence-electron chi connectivity index (χ2n) is 2.84. The highest BCUT2D eigenvalue weighted by atomic mass is 16.7. The average molecular weight is 159 g/mol. The molecule has 3 nitrogen and oxygen atoms in total. The van der Waals surface area contributed by atoms with Gasteiger partial charge in [-0.3, -0.25) is 0 Å². The van der Waals surface area contributed by atoms with E-state index in [-0.39, 0.29) is 6.10 Å². The lowest BCUT2D eigenvalue weighted by molar-refractivity contribution is 0.0607. The van der Waals surface area contributed by atoms with Gasteiger partial charge in [0.15, 0.2) is 5.34 Å². The summed E-state index contributed by atoms with van der Waals surface area (Å²) in [7, 11) is 0. The molecule has 0 aliphatic rings. The van der Waals surface area contributed by atoms with Crippen LogP contribution in [0.25, 0.3) is 0 Å². The summed E-state index contributed by atoms with van der Waals surface area (Å²) in [6.45, 7) is 4.04. The van der Waals surface area contributed by atoms with Crippen molar-refractivity contribution in [1.82, 2.24) is 0 Å². The van der Waals surface area contributed by atoms with Crippen LogP contribution in [0.2, 0.25) is 0 Å². The molecule has 0 aliphatic heterocycles. The zero-order valence-corrected chi connectivity index (χ0v) is 7.38. The Hall–Kier alpha value is -0.600. The van der Waals surface area contributed by atoms with Crippen LogP contribution in [-0.4, -0.2) is 6.10 Å². The maximum Gasteiger partial charge on any atom is 0.155 e. The lowest BCUT2D eigenvalue weighted by Gasteiger charge is -2.05. The van der Waals surface area contributed by atoms with E-state index >= 15 is 0 Å². The second-order valence-corrected chi connectivity index (χ2v) is 2.84. The van der Waals surface area contributed by atoms with Gasteiger partial charge in [0.05, 0.1) is 0 Å². The molecule has 0 rings (SSSR count). The molecule has 0 radical (unpaired) electrons. The summed E-state index contributed by atoms with van der Waals surface area (Å²) >= 11 is 0. The lowest BCUT2D eigenvalue weighted by Crippen LogP contribution is -2.02. The standard InChI is InChI=1S/C8H17NO2/c1-3-4-5-6-7-8(2)11-9-10/h8H,3-7H2,1-2H3. The topological polar surface area (TPSA) is 38.7 Å². The van der Waals surface area contributed by atoms with E-state index in [4.69, 9.17) is 0 Å². The van der Waals surface area contributed by atoms with Crippen molar-refractivity contribution in [3.8, 4) is 0 Å². The summed E-state index contributed by atoms with van der Waals surface area (Å²) in [5.74, 6) is 0. The highest BCUT2D eigenvalue weighted by Gasteiger charge is 2.00. The summed E-state index contributed by atoms with van der Waals surface area (Å²) in [6.07, 6.45) is 5.78. The molecule has 0 fully saturated rings. The van der Waals surface area contributed by atoms with Crippen molar-refractivity contribution in [3.63, 3.8) is 0 Å². The molecule has 1 unspecified atom stereocenters. The van der Waals surface area contributed by atoms with Crippen LogP contribution in [-0.2, 0) is 4.84 Å². The molecule has 0 aliphatic carbocycles. The van der Waals surface area contributed by atoms with Gasteiger partial charge in [0.25, 0.3) is 0 Å². The summed E-state index contributed by atoms with van der Waals surface area (Å²) in [6, 6.07) is 0. The van der Waals surface area contributed by atoms with Gasteiger partial charge in [-0.15, -0.1) is 4.91 Å². The molecule has 0 saturated heterocycles. The molecular weight excluding hydrogens is 142 g/mol. The zero-order chi connectivity index (χ0) is 8.53. The molecule has 0 aromatic heterocycles. The van der Waals surface area contributed by atoms with Crippen molar-refractivity contribution in [2.45, 2.75) is 52.1 Å². The minimum atomic E-state index is -0.00986. The monoisotopic (exact) mass is 159 g/mol. The first-order valence-corrected chi connectivity index (χ1v) is 4.29. The molecule has 0 heterocycles. The fourth-order valence-electron chi connectivity index (χ4n) is 0.985. The van der Waals surface area contributed by atoms with Crippen molar-refractivity contribution < 1.29 is 4.84 Å². The molecule has 0 N–H and O–H groups in total. The summed E-state index contributed by atoms with van der Waals surface area (Å²) < 4.78 is 0. The molecule has 3 heteroatoms.